The number of rotatable bonds is 6. The predicted octanol–water partition coefficient (Wildman–Crippen LogP) is 5.07. The number of ether oxygens (including phenoxy) is 2. The van der Waals surface area contributed by atoms with Crippen molar-refractivity contribution in [3.05, 3.63) is 22.7 Å². The second-order valence-corrected chi connectivity index (χ2v) is 5.60. The van der Waals surface area contributed by atoms with Gasteiger partial charge < -0.3 is 9.47 Å². The first kappa shape index (κ1) is 15.5. The maximum absolute atomic E-state index is 6.40. The van der Waals surface area contributed by atoms with E-state index in [-0.39, 0.29) is 5.38 Å². The van der Waals surface area contributed by atoms with Crippen LogP contribution in [0.5, 0.6) is 11.5 Å². The lowest BCUT2D eigenvalue weighted by molar-refractivity contribution is 0.354. The summed E-state index contributed by atoms with van der Waals surface area (Å²) in [6.07, 6.45) is 1.97. The molecule has 0 heterocycles. The van der Waals surface area contributed by atoms with E-state index in [2.05, 4.69) is 13.8 Å². The van der Waals surface area contributed by atoms with Gasteiger partial charge in [0.1, 0.15) is 0 Å². The van der Waals surface area contributed by atoms with E-state index in [1.54, 1.807) is 20.3 Å². The van der Waals surface area contributed by atoms with Gasteiger partial charge in [-0.05, 0) is 30.4 Å². The molecule has 0 saturated carbocycles. The zero-order valence-corrected chi connectivity index (χ0v) is 12.8. The first-order valence-corrected chi connectivity index (χ1v) is 6.86. The van der Waals surface area contributed by atoms with Gasteiger partial charge in [-0.25, -0.2) is 0 Å². The molecule has 18 heavy (non-hydrogen) atoms. The molecule has 0 spiro atoms. The van der Waals surface area contributed by atoms with Crippen molar-refractivity contribution in [1.29, 1.82) is 0 Å². The monoisotopic (exact) mass is 290 g/mol. The van der Waals surface area contributed by atoms with E-state index < -0.39 is 0 Å². The summed E-state index contributed by atoms with van der Waals surface area (Å²) in [6, 6.07) is 3.61. The van der Waals surface area contributed by atoms with Crippen LogP contribution in [0.25, 0.3) is 0 Å². The van der Waals surface area contributed by atoms with Gasteiger partial charge in [-0.15, -0.1) is 11.6 Å². The topological polar surface area (TPSA) is 18.5 Å². The van der Waals surface area contributed by atoms with Crippen molar-refractivity contribution >= 4 is 23.2 Å². The number of hydrogen-bond donors (Lipinski definition) is 0. The Kier molecular flexibility index (Phi) is 6.10. The Morgan fingerprint density at radius 1 is 1.06 bits per heavy atom. The zero-order valence-electron chi connectivity index (χ0n) is 11.3. The van der Waals surface area contributed by atoms with Crippen molar-refractivity contribution in [1.82, 2.24) is 0 Å². The molecular weight excluding hydrogens is 271 g/mol. The van der Waals surface area contributed by atoms with Crippen LogP contribution in [0.2, 0.25) is 5.02 Å². The molecule has 1 atom stereocenters. The molecule has 0 saturated heterocycles. The normalized spacial score (nSPS) is 12.6. The number of benzene rings is 1. The lowest BCUT2D eigenvalue weighted by atomic mass is 10.0. The van der Waals surface area contributed by atoms with Crippen molar-refractivity contribution in [2.75, 3.05) is 14.2 Å². The van der Waals surface area contributed by atoms with Gasteiger partial charge >= 0.3 is 0 Å². The van der Waals surface area contributed by atoms with Crippen molar-refractivity contribution in [3.8, 4) is 11.5 Å². The highest BCUT2D eigenvalue weighted by molar-refractivity contribution is 6.33. The molecular formula is C14H20Cl2O2. The summed E-state index contributed by atoms with van der Waals surface area (Å²) in [7, 11) is 3.19. The van der Waals surface area contributed by atoms with Gasteiger partial charge in [-0.1, -0.05) is 25.4 Å². The lowest BCUT2D eigenvalue weighted by Crippen LogP contribution is -1.98. The molecule has 1 aromatic rings. The molecule has 4 heteroatoms. The summed E-state index contributed by atoms with van der Waals surface area (Å²) >= 11 is 12.6. The molecule has 1 unspecified atom stereocenters. The van der Waals surface area contributed by atoms with E-state index in [1.807, 2.05) is 6.07 Å². The van der Waals surface area contributed by atoms with Crippen LogP contribution in [-0.4, -0.2) is 14.2 Å². The van der Waals surface area contributed by atoms with Crippen LogP contribution >= 0.6 is 23.2 Å². The average molecular weight is 291 g/mol. The van der Waals surface area contributed by atoms with E-state index in [9.17, 15) is 0 Å². The van der Waals surface area contributed by atoms with Gasteiger partial charge in [0.15, 0.2) is 11.5 Å². The fraction of sp³-hybridized carbons (Fsp3) is 0.571. The molecule has 0 radical (unpaired) electrons. The first-order chi connectivity index (χ1) is 8.49. The number of alkyl halides is 1. The second-order valence-electron chi connectivity index (χ2n) is 4.67. The Morgan fingerprint density at radius 2 is 1.61 bits per heavy atom. The molecule has 0 amide bonds. The molecule has 0 aromatic heterocycles. The first-order valence-electron chi connectivity index (χ1n) is 6.05. The Labute approximate surface area is 119 Å². The van der Waals surface area contributed by atoms with Gasteiger partial charge in [0.2, 0.25) is 0 Å². The van der Waals surface area contributed by atoms with E-state index in [0.717, 1.165) is 18.4 Å². The van der Waals surface area contributed by atoms with Gasteiger partial charge in [-0.3, -0.25) is 0 Å². The van der Waals surface area contributed by atoms with Crippen molar-refractivity contribution < 1.29 is 9.47 Å². The van der Waals surface area contributed by atoms with Crippen LogP contribution in [0, 0.1) is 5.92 Å². The van der Waals surface area contributed by atoms with Crippen LogP contribution in [0.15, 0.2) is 12.1 Å². The minimum Gasteiger partial charge on any atom is -0.493 e. The Morgan fingerprint density at radius 3 is 2.11 bits per heavy atom. The predicted molar refractivity (Wildman–Crippen MR) is 77.2 cm³/mol. The van der Waals surface area contributed by atoms with E-state index in [4.69, 9.17) is 32.7 Å². The smallest absolute Gasteiger partial charge is 0.162 e. The zero-order chi connectivity index (χ0) is 13.7. The quantitative estimate of drug-likeness (QED) is 0.681. The SMILES string of the molecule is COc1cc(Cl)c(C(Cl)CCC(C)C)cc1OC. The largest absolute Gasteiger partial charge is 0.493 e. The Balaban J connectivity index is 2.94. The van der Waals surface area contributed by atoms with Crippen molar-refractivity contribution in [2.45, 2.75) is 32.1 Å². The van der Waals surface area contributed by atoms with Gasteiger partial charge in [0.05, 0.1) is 19.6 Å². The number of methoxy groups -OCH3 is 2. The van der Waals surface area contributed by atoms with E-state index >= 15 is 0 Å². The number of hydrogen-bond acceptors (Lipinski definition) is 2. The molecule has 0 aliphatic rings. The van der Waals surface area contributed by atoms with Crippen molar-refractivity contribution in [2.24, 2.45) is 5.92 Å². The van der Waals surface area contributed by atoms with Crippen LogP contribution in [0.3, 0.4) is 0 Å². The highest BCUT2D eigenvalue weighted by Crippen LogP contribution is 2.39. The van der Waals surface area contributed by atoms with E-state index in [0.29, 0.717) is 22.4 Å². The fourth-order valence-electron chi connectivity index (χ4n) is 1.75. The van der Waals surface area contributed by atoms with Gasteiger partial charge in [0.25, 0.3) is 0 Å². The van der Waals surface area contributed by atoms with Gasteiger partial charge in [-0.2, -0.15) is 0 Å². The summed E-state index contributed by atoms with van der Waals surface area (Å²) in [5.74, 6) is 1.91. The average Bonchev–Trinajstić information content (AvgIpc) is 2.35. The van der Waals surface area contributed by atoms with Gasteiger partial charge in [0, 0.05) is 11.1 Å². The molecule has 0 aliphatic heterocycles. The van der Waals surface area contributed by atoms with E-state index in [1.165, 1.54) is 0 Å². The summed E-state index contributed by atoms with van der Waals surface area (Å²) in [5, 5.41) is 0.524. The third-order valence-electron chi connectivity index (χ3n) is 2.84. The molecule has 2 nitrogen and oxygen atoms in total. The minimum atomic E-state index is -0.0975. The lowest BCUT2D eigenvalue weighted by Gasteiger charge is -2.16. The Hall–Kier alpha value is -0.600. The maximum atomic E-state index is 6.40. The second kappa shape index (κ2) is 7.10. The highest BCUT2D eigenvalue weighted by Gasteiger charge is 2.16. The minimum absolute atomic E-state index is 0.0975. The molecule has 0 N–H and O–H groups in total. The molecule has 1 aromatic carbocycles. The van der Waals surface area contributed by atoms with Crippen LogP contribution in [0.4, 0.5) is 0 Å². The van der Waals surface area contributed by atoms with Crippen LogP contribution in [-0.2, 0) is 0 Å². The highest BCUT2D eigenvalue weighted by atomic mass is 35.5. The molecule has 102 valence electrons. The molecule has 0 bridgehead atoms. The fourth-order valence-corrected chi connectivity index (χ4v) is 2.39. The maximum Gasteiger partial charge on any atom is 0.162 e. The number of halogens is 2. The summed E-state index contributed by atoms with van der Waals surface area (Å²) in [6.45, 7) is 4.36. The van der Waals surface area contributed by atoms with Crippen molar-refractivity contribution in [3.63, 3.8) is 0 Å². The molecule has 0 aliphatic carbocycles. The summed E-state index contributed by atoms with van der Waals surface area (Å²) in [5.41, 5.74) is 0.900. The Bertz CT molecular complexity index is 392. The third-order valence-corrected chi connectivity index (χ3v) is 3.62. The third kappa shape index (κ3) is 3.96. The molecule has 1 rings (SSSR count). The molecule has 0 fully saturated rings. The standard InChI is InChI=1S/C14H20Cl2O2/c1-9(2)5-6-11(15)10-7-13(17-3)14(18-4)8-12(10)16/h7-9,11H,5-6H2,1-4H3. The van der Waals surface area contributed by atoms with Crippen LogP contribution < -0.4 is 9.47 Å². The van der Waals surface area contributed by atoms with Crippen LogP contribution in [0.1, 0.15) is 37.6 Å². The summed E-state index contributed by atoms with van der Waals surface area (Å²) < 4.78 is 10.5. The summed E-state index contributed by atoms with van der Waals surface area (Å²) in [4.78, 5) is 0.